The summed E-state index contributed by atoms with van der Waals surface area (Å²) >= 11 is 1.38. The second kappa shape index (κ2) is 4.05. The standard InChI is InChI=1S/C15H10N2O2S/c18-11-8-17-10-6-7-20-13(10)15(19)16-14(17)12(11)9-4-2-1-3-5-9/h1-7,18H,8H2. The largest absolute Gasteiger partial charge is 0.510 e. The summed E-state index contributed by atoms with van der Waals surface area (Å²) in [6.45, 7) is 0.361. The SMILES string of the molecule is O=c1nc2n(c3ccsc13)CC(O)=C2c1ccccc1. The Hall–Kier alpha value is -2.40. The molecule has 1 aromatic carbocycles. The van der Waals surface area contributed by atoms with Crippen LogP contribution in [0.3, 0.4) is 0 Å². The van der Waals surface area contributed by atoms with Gasteiger partial charge in [-0.2, -0.15) is 4.98 Å². The van der Waals surface area contributed by atoms with Crippen LogP contribution in [0.2, 0.25) is 0 Å². The smallest absolute Gasteiger partial charge is 0.291 e. The molecular weight excluding hydrogens is 272 g/mol. The molecular formula is C15H10N2O2S. The number of hydrogen-bond acceptors (Lipinski definition) is 4. The fourth-order valence-corrected chi connectivity index (χ4v) is 3.38. The van der Waals surface area contributed by atoms with Gasteiger partial charge in [-0.15, -0.1) is 11.3 Å². The molecule has 0 spiro atoms. The Morgan fingerprint density at radius 2 is 2.00 bits per heavy atom. The number of hydrogen-bond donors (Lipinski definition) is 1. The number of aliphatic hydroxyl groups excluding tert-OH is 1. The number of fused-ring (bicyclic) bond motifs is 3. The molecule has 2 aromatic heterocycles. The van der Waals surface area contributed by atoms with Crippen molar-refractivity contribution in [2.24, 2.45) is 0 Å². The van der Waals surface area contributed by atoms with E-state index in [0.717, 1.165) is 11.1 Å². The number of benzene rings is 1. The van der Waals surface area contributed by atoms with Crippen molar-refractivity contribution in [3.8, 4) is 0 Å². The van der Waals surface area contributed by atoms with Gasteiger partial charge in [-0.05, 0) is 17.0 Å². The summed E-state index contributed by atoms with van der Waals surface area (Å²) in [4.78, 5) is 16.2. The molecule has 0 aliphatic carbocycles. The zero-order valence-corrected chi connectivity index (χ0v) is 11.2. The molecule has 1 aliphatic heterocycles. The van der Waals surface area contributed by atoms with Crippen LogP contribution in [-0.4, -0.2) is 14.7 Å². The maximum Gasteiger partial charge on any atom is 0.291 e. The van der Waals surface area contributed by atoms with Crippen LogP contribution in [0.25, 0.3) is 15.8 Å². The van der Waals surface area contributed by atoms with Crippen LogP contribution in [-0.2, 0) is 6.54 Å². The lowest BCUT2D eigenvalue weighted by Crippen LogP contribution is -2.14. The molecule has 20 heavy (non-hydrogen) atoms. The van der Waals surface area contributed by atoms with Gasteiger partial charge in [-0.1, -0.05) is 30.3 Å². The maximum atomic E-state index is 12.1. The Morgan fingerprint density at radius 3 is 2.80 bits per heavy atom. The Bertz CT molecular complexity index is 907. The van der Waals surface area contributed by atoms with Crippen molar-refractivity contribution in [3.05, 3.63) is 69.3 Å². The molecule has 0 amide bonds. The van der Waals surface area contributed by atoms with E-state index < -0.39 is 0 Å². The highest BCUT2D eigenvalue weighted by Gasteiger charge is 2.26. The van der Waals surface area contributed by atoms with E-state index in [-0.39, 0.29) is 11.3 Å². The van der Waals surface area contributed by atoms with Gasteiger partial charge in [0.25, 0.3) is 5.56 Å². The molecule has 0 atom stereocenters. The van der Waals surface area contributed by atoms with Crippen molar-refractivity contribution in [1.82, 2.24) is 9.55 Å². The maximum absolute atomic E-state index is 12.1. The first-order chi connectivity index (χ1) is 9.75. The molecule has 0 saturated carbocycles. The molecule has 3 heterocycles. The summed E-state index contributed by atoms with van der Waals surface area (Å²) in [7, 11) is 0. The summed E-state index contributed by atoms with van der Waals surface area (Å²) in [5.41, 5.74) is 2.13. The van der Waals surface area contributed by atoms with E-state index in [9.17, 15) is 9.90 Å². The minimum absolute atomic E-state index is 0.232. The van der Waals surface area contributed by atoms with Gasteiger partial charge in [0.05, 0.1) is 17.6 Å². The van der Waals surface area contributed by atoms with Crippen LogP contribution in [0, 0.1) is 0 Å². The molecule has 4 nitrogen and oxygen atoms in total. The second-order valence-electron chi connectivity index (χ2n) is 4.65. The van der Waals surface area contributed by atoms with Gasteiger partial charge in [-0.25, -0.2) is 0 Å². The lowest BCUT2D eigenvalue weighted by Gasteiger charge is -2.06. The molecule has 0 fully saturated rings. The van der Waals surface area contributed by atoms with Gasteiger partial charge < -0.3 is 9.67 Å². The summed E-state index contributed by atoms with van der Waals surface area (Å²) in [6, 6.07) is 11.4. The highest BCUT2D eigenvalue weighted by molar-refractivity contribution is 7.17. The third kappa shape index (κ3) is 1.47. The zero-order chi connectivity index (χ0) is 13.7. The van der Waals surface area contributed by atoms with Gasteiger partial charge in [0.15, 0.2) is 0 Å². The van der Waals surface area contributed by atoms with Crippen LogP contribution < -0.4 is 5.56 Å². The normalized spacial score (nSPS) is 14.0. The van der Waals surface area contributed by atoms with E-state index in [1.54, 1.807) is 0 Å². The number of aliphatic hydroxyl groups is 1. The number of nitrogens with zero attached hydrogens (tertiary/aromatic N) is 2. The average Bonchev–Trinajstić information content (AvgIpc) is 3.04. The minimum Gasteiger partial charge on any atom is -0.510 e. The molecule has 0 radical (unpaired) electrons. The summed E-state index contributed by atoms with van der Waals surface area (Å²) < 4.78 is 2.53. The summed E-state index contributed by atoms with van der Waals surface area (Å²) in [6.07, 6.45) is 0. The van der Waals surface area contributed by atoms with Crippen LogP contribution >= 0.6 is 11.3 Å². The number of rotatable bonds is 1. The van der Waals surface area contributed by atoms with E-state index in [1.807, 2.05) is 46.3 Å². The molecule has 4 rings (SSSR count). The quantitative estimate of drug-likeness (QED) is 0.746. The number of aromatic nitrogens is 2. The van der Waals surface area contributed by atoms with Gasteiger partial charge in [-0.3, -0.25) is 4.79 Å². The van der Waals surface area contributed by atoms with Crippen molar-refractivity contribution in [2.45, 2.75) is 6.54 Å². The fraction of sp³-hybridized carbons (Fsp3) is 0.0667. The van der Waals surface area contributed by atoms with Crippen molar-refractivity contribution in [1.29, 1.82) is 0 Å². The van der Waals surface area contributed by atoms with Gasteiger partial charge in [0.2, 0.25) is 0 Å². The number of thiophene rings is 1. The Morgan fingerprint density at radius 1 is 1.20 bits per heavy atom. The van der Waals surface area contributed by atoms with Crippen LogP contribution in [0.15, 0.2) is 52.3 Å². The van der Waals surface area contributed by atoms with Crippen LogP contribution in [0.4, 0.5) is 0 Å². The molecule has 98 valence electrons. The zero-order valence-electron chi connectivity index (χ0n) is 10.4. The summed E-state index contributed by atoms with van der Waals surface area (Å²) in [5.74, 6) is 0.798. The van der Waals surface area contributed by atoms with Gasteiger partial charge >= 0.3 is 0 Å². The molecule has 3 aromatic rings. The molecule has 5 heteroatoms. The molecule has 1 N–H and O–H groups in total. The lowest BCUT2D eigenvalue weighted by molar-refractivity contribution is 0.389. The molecule has 0 saturated heterocycles. The third-order valence-electron chi connectivity index (χ3n) is 3.48. The van der Waals surface area contributed by atoms with Crippen molar-refractivity contribution < 1.29 is 5.11 Å². The van der Waals surface area contributed by atoms with E-state index in [2.05, 4.69) is 4.98 Å². The van der Waals surface area contributed by atoms with Crippen LogP contribution in [0.5, 0.6) is 0 Å². The Balaban J connectivity index is 2.04. The lowest BCUT2D eigenvalue weighted by atomic mass is 10.1. The second-order valence-corrected chi connectivity index (χ2v) is 5.57. The topological polar surface area (TPSA) is 55.1 Å². The van der Waals surface area contributed by atoms with Crippen molar-refractivity contribution in [2.75, 3.05) is 0 Å². The first kappa shape index (κ1) is 11.4. The van der Waals surface area contributed by atoms with Crippen molar-refractivity contribution >= 4 is 27.1 Å². The molecule has 1 aliphatic rings. The van der Waals surface area contributed by atoms with Gasteiger partial charge in [0, 0.05) is 0 Å². The predicted molar refractivity (Wildman–Crippen MR) is 79.0 cm³/mol. The first-order valence-electron chi connectivity index (χ1n) is 6.21. The fourth-order valence-electron chi connectivity index (χ4n) is 2.61. The highest BCUT2D eigenvalue weighted by atomic mass is 32.1. The Labute approximate surface area is 118 Å². The van der Waals surface area contributed by atoms with E-state index in [4.69, 9.17) is 0 Å². The van der Waals surface area contributed by atoms with E-state index in [1.165, 1.54) is 11.3 Å². The average molecular weight is 282 g/mol. The van der Waals surface area contributed by atoms with Gasteiger partial charge in [0.1, 0.15) is 16.3 Å². The highest BCUT2D eigenvalue weighted by Crippen LogP contribution is 2.33. The first-order valence-corrected chi connectivity index (χ1v) is 7.09. The summed E-state index contributed by atoms with van der Waals surface area (Å²) in [5, 5.41) is 12.1. The molecule has 0 unspecified atom stereocenters. The van der Waals surface area contributed by atoms with Crippen molar-refractivity contribution in [3.63, 3.8) is 0 Å². The van der Waals surface area contributed by atoms with Crippen LogP contribution in [0.1, 0.15) is 11.4 Å². The minimum atomic E-state index is -0.232. The predicted octanol–water partition coefficient (Wildman–Crippen LogP) is 2.79. The molecule has 0 bridgehead atoms. The Kier molecular flexibility index (Phi) is 2.31. The van der Waals surface area contributed by atoms with E-state index in [0.29, 0.717) is 22.6 Å². The third-order valence-corrected chi connectivity index (χ3v) is 4.37. The number of allylic oxidation sites excluding steroid dienone is 1. The van der Waals surface area contributed by atoms with E-state index >= 15 is 0 Å². The monoisotopic (exact) mass is 282 g/mol.